The number of aromatic carboxylic acids is 1. The van der Waals surface area contributed by atoms with Gasteiger partial charge in [-0.05, 0) is 48.4 Å². The highest BCUT2D eigenvalue weighted by molar-refractivity contribution is 5.96. The van der Waals surface area contributed by atoms with Gasteiger partial charge >= 0.3 is 5.97 Å². The van der Waals surface area contributed by atoms with Crippen LogP contribution in [0.1, 0.15) is 15.9 Å². The van der Waals surface area contributed by atoms with Gasteiger partial charge in [0.1, 0.15) is 0 Å². The number of amides is 2. The summed E-state index contributed by atoms with van der Waals surface area (Å²) in [6, 6.07) is 12.6. The summed E-state index contributed by atoms with van der Waals surface area (Å²) in [6.07, 6.45) is 0.331. The number of hydrogen-bond acceptors (Lipinski definition) is 6. The summed E-state index contributed by atoms with van der Waals surface area (Å²) in [5, 5.41) is 11.6. The number of carboxylic acid groups (broad SMARTS) is 1. The van der Waals surface area contributed by atoms with Crippen molar-refractivity contribution in [3.05, 3.63) is 59.7 Å². The minimum atomic E-state index is -1.03. The first-order valence-electron chi connectivity index (χ1n) is 10.4. The average Bonchev–Trinajstić information content (AvgIpc) is 2.78. The van der Waals surface area contributed by atoms with E-state index in [9.17, 15) is 14.4 Å². The number of carboxylic acids is 1. The lowest BCUT2D eigenvalue weighted by Gasteiger charge is -2.34. The van der Waals surface area contributed by atoms with Crippen LogP contribution in [0.5, 0.6) is 0 Å². The zero-order valence-corrected chi connectivity index (χ0v) is 18.0. The zero-order valence-electron chi connectivity index (χ0n) is 18.0. The topological polar surface area (TPSA) is 125 Å². The summed E-state index contributed by atoms with van der Waals surface area (Å²) in [6.45, 7) is 3.10. The fraction of sp³-hybridized carbons (Fsp3) is 0.348. The van der Waals surface area contributed by atoms with Crippen molar-refractivity contribution in [2.45, 2.75) is 12.5 Å². The van der Waals surface area contributed by atoms with Gasteiger partial charge < -0.3 is 25.8 Å². The molecule has 0 radical (unpaired) electrons. The minimum Gasteiger partial charge on any atom is -0.478 e. The van der Waals surface area contributed by atoms with Gasteiger partial charge in [0, 0.05) is 38.1 Å². The monoisotopic (exact) mass is 440 g/mol. The largest absolute Gasteiger partial charge is 0.478 e. The van der Waals surface area contributed by atoms with Crippen molar-refractivity contribution in [2.75, 3.05) is 50.1 Å². The van der Waals surface area contributed by atoms with Gasteiger partial charge in [-0.2, -0.15) is 0 Å². The third-order valence-electron chi connectivity index (χ3n) is 5.35. The SMILES string of the molecule is COCCN1CCN(c2ccc(C[C@H](N)C(=O)Nc3ccc(C(=O)O)cc3)cc2)C(=O)C1. The molecule has 1 saturated heterocycles. The van der Waals surface area contributed by atoms with Gasteiger partial charge in [-0.1, -0.05) is 12.1 Å². The van der Waals surface area contributed by atoms with E-state index in [1.807, 2.05) is 24.3 Å². The number of nitrogens with two attached hydrogens (primary N) is 1. The zero-order chi connectivity index (χ0) is 23.1. The van der Waals surface area contributed by atoms with Crippen molar-refractivity contribution in [1.82, 2.24) is 4.90 Å². The minimum absolute atomic E-state index is 0.0464. The number of piperazine rings is 1. The number of ether oxygens (including phenoxy) is 1. The van der Waals surface area contributed by atoms with Crippen molar-refractivity contribution >= 4 is 29.2 Å². The lowest BCUT2D eigenvalue weighted by Crippen LogP contribution is -2.51. The van der Waals surface area contributed by atoms with Crippen molar-refractivity contribution < 1.29 is 24.2 Å². The van der Waals surface area contributed by atoms with Gasteiger partial charge in [-0.15, -0.1) is 0 Å². The Morgan fingerprint density at radius 1 is 1.12 bits per heavy atom. The predicted octanol–water partition coefficient (Wildman–Crippen LogP) is 1.19. The Morgan fingerprint density at radius 2 is 1.81 bits per heavy atom. The van der Waals surface area contributed by atoms with E-state index in [0.717, 1.165) is 24.3 Å². The number of hydrogen-bond donors (Lipinski definition) is 3. The van der Waals surface area contributed by atoms with E-state index in [1.54, 1.807) is 12.0 Å². The maximum atomic E-state index is 12.5. The molecular weight excluding hydrogens is 412 g/mol. The van der Waals surface area contributed by atoms with Crippen LogP contribution in [0.3, 0.4) is 0 Å². The number of nitrogens with one attached hydrogen (secondary N) is 1. The van der Waals surface area contributed by atoms with E-state index in [2.05, 4.69) is 10.2 Å². The van der Waals surface area contributed by atoms with E-state index in [0.29, 0.717) is 31.8 Å². The molecule has 0 bridgehead atoms. The first kappa shape index (κ1) is 23.4. The van der Waals surface area contributed by atoms with Crippen molar-refractivity contribution in [1.29, 1.82) is 0 Å². The molecule has 170 valence electrons. The van der Waals surface area contributed by atoms with E-state index >= 15 is 0 Å². The lowest BCUT2D eigenvalue weighted by atomic mass is 10.0. The van der Waals surface area contributed by atoms with Crippen LogP contribution < -0.4 is 16.0 Å². The average molecular weight is 441 g/mol. The number of rotatable bonds is 9. The van der Waals surface area contributed by atoms with Gasteiger partial charge in [-0.25, -0.2) is 4.79 Å². The summed E-state index contributed by atoms with van der Waals surface area (Å²) >= 11 is 0. The Balaban J connectivity index is 1.53. The van der Waals surface area contributed by atoms with Crippen LogP contribution in [0.15, 0.2) is 48.5 Å². The Bertz CT molecular complexity index is 946. The molecule has 9 nitrogen and oxygen atoms in total. The standard InChI is InChI=1S/C23H28N4O5/c1-32-13-12-26-10-11-27(21(28)15-26)19-8-2-16(3-9-19)14-20(24)22(29)25-18-6-4-17(5-7-18)23(30)31/h2-9,20H,10-15,24H2,1H3,(H,25,29)(H,30,31)/t20-/m0/s1. The third kappa shape index (κ3) is 6.13. The summed E-state index contributed by atoms with van der Waals surface area (Å²) < 4.78 is 5.07. The summed E-state index contributed by atoms with van der Waals surface area (Å²) in [5.74, 6) is -1.35. The fourth-order valence-corrected chi connectivity index (χ4v) is 3.50. The third-order valence-corrected chi connectivity index (χ3v) is 5.35. The van der Waals surface area contributed by atoms with E-state index < -0.39 is 12.0 Å². The maximum Gasteiger partial charge on any atom is 0.335 e. The molecule has 3 rings (SSSR count). The molecule has 2 aromatic rings. The van der Waals surface area contributed by atoms with Crippen LogP contribution in [0, 0.1) is 0 Å². The van der Waals surface area contributed by atoms with Gasteiger partial charge in [0.25, 0.3) is 0 Å². The summed E-state index contributed by atoms with van der Waals surface area (Å²) in [7, 11) is 1.65. The number of anilines is 2. The molecule has 4 N–H and O–H groups in total. The molecule has 9 heteroatoms. The number of carbonyl (C=O) groups excluding carboxylic acids is 2. The molecule has 0 spiro atoms. The lowest BCUT2D eigenvalue weighted by molar-refractivity contribution is -0.121. The van der Waals surface area contributed by atoms with Gasteiger partial charge in [0.2, 0.25) is 11.8 Å². The number of carbonyl (C=O) groups is 3. The van der Waals surface area contributed by atoms with Crippen LogP contribution in [0.25, 0.3) is 0 Å². The molecule has 1 atom stereocenters. The normalized spacial score (nSPS) is 15.4. The Morgan fingerprint density at radius 3 is 2.41 bits per heavy atom. The second-order valence-electron chi connectivity index (χ2n) is 7.66. The van der Waals surface area contributed by atoms with Crippen molar-refractivity contribution in [3.63, 3.8) is 0 Å². The smallest absolute Gasteiger partial charge is 0.335 e. The van der Waals surface area contributed by atoms with Gasteiger partial charge in [-0.3, -0.25) is 14.5 Å². The summed E-state index contributed by atoms with van der Waals surface area (Å²) in [4.78, 5) is 39.6. The second-order valence-corrected chi connectivity index (χ2v) is 7.66. The van der Waals surface area contributed by atoms with E-state index in [4.69, 9.17) is 15.6 Å². The fourth-order valence-electron chi connectivity index (χ4n) is 3.50. The van der Waals surface area contributed by atoms with Crippen LogP contribution in [-0.4, -0.2) is 73.7 Å². The number of benzene rings is 2. The second kappa shape index (κ2) is 10.9. The first-order chi connectivity index (χ1) is 15.4. The number of nitrogens with zero attached hydrogens (tertiary/aromatic N) is 2. The molecule has 0 saturated carbocycles. The molecular formula is C23H28N4O5. The first-order valence-corrected chi connectivity index (χ1v) is 10.4. The Kier molecular flexibility index (Phi) is 7.93. The van der Waals surface area contributed by atoms with Crippen molar-refractivity contribution in [2.24, 2.45) is 5.73 Å². The van der Waals surface area contributed by atoms with E-state index in [1.165, 1.54) is 24.3 Å². The maximum absolute atomic E-state index is 12.5. The Labute approximate surface area is 186 Å². The van der Waals surface area contributed by atoms with Crippen LogP contribution in [-0.2, 0) is 20.7 Å². The molecule has 2 aromatic carbocycles. The van der Waals surface area contributed by atoms with Crippen molar-refractivity contribution in [3.8, 4) is 0 Å². The van der Waals surface area contributed by atoms with Crippen LogP contribution in [0.4, 0.5) is 11.4 Å². The molecule has 1 aliphatic rings. The highest BCUT2D eigenvalue weighted by Gasteiger charge is 2.24. The van der Waals surface area contributed by atoms with Crippen LogP contribution in [0.2, 0.25) is 0 Å². The molecule has 1 aliphatic heterocycles. The van der Waals surface area contributed by atoms with Gasteiger partial charge in [0.15, 0.2) is 0 Å². The van der Waals surface area contributed by atoms with Gasteiger partial charge in [0.05, 0.1) is 24.8 Å². The molecule has 32 heavy (non-hydrogen) atoms. The molecule has 0 aliphatic carbocycles. The predicted molar refractivity (Wildman–Crippen MR) is 121 cm³/mol. The quantitative estimate of drug-likeness (QED) is 0.535. The molecule has 2 amide bonds. The molecule has 0 aromatic heterocycles. The highest BCUT2D eigenvalue weighted by Crippen LogP contribution is 2.19. The van der Waals surface area contributed by atoms with E-state index in [-0.39, 0.29) is 17.4 Å². The molecule has 1 heterocycles. The molecule has 0 unspecified atom stereocenters. The van der Waals surface area contributed by atoms with Crippen LogP contribution >= 0.6 is 0 Å². The Hall–Kier alpha value is -3.27. The highest BCUT2D eigenvalue weighted by atomic mass is 16.5. The number of methoxy groups -OCH3 is 1. The summed E-state index contributed by atoms with van der Waals surface area (Å²) in [5.41, 5.74) is 8.37. The molecule has 1 fully saturated rings.